The summed E-state index contributed by atoms with van der Waals surface area (Å²) in [5.74, 6) is -0.193. The molecule has 1 saturated heterocycles. The molecule has 0 aromatic heterocycles. The van der Waals surface area contributed by atoms with Crippen molar-refractivity contribution in [1.29, 1.82) is 5.26 Å². The maximum Gasteiger partial charge on any atom is 0.266 e. The summed E-state index contributed by atoms with van der Waals surface area (Å²) < 4.78 is 4.96. The number of hydrogen-bond acceptors (Lipinski definition) is 5. The lowest BCUT2D eigenvalue weighted by molar-refractivity contribution is -0.128. The van der Waals surface area contributed by atoms with E-state index in [2.05, 4.69) is 22.3 Å². The van der Waals surface area contributed by atoms with E-state index in [4.69, 9.17) is 4.74 Å². The standard InChI is InChI=1S/C19H26N4O2/c1-25-13-5-8-21-15-18(14-20)19(24)23-11-9-22(10-12-23)16-17-6-3-2-4-7-17/h2-4,6-7,15,21H,5,8-13,16H2,1H3/b18-15-. The lowest BCUT2D eigenvalue weighted by atomic mass is 10.2. The molecule has 6 nitrogen and oxygen atoms in total. The molecule has 0 saturated carbocycles. The number of hydrogen-bond donors (Lipinski definition) is 1. The fourth-order valence-corrected chi connectivity index (χ4v) is 2.76. The molecule has 0 aliphatic carbocycles. The van der Waals surface area contributed by atoms with Crippen LogP contribution in [0.1, 0.15) is 12.0 Å². The Balaban J connectivity index is 1.79. The molecule has 1 amide bonds. The second-order valence-corrected chi connectivity index (χ2v) is 6.02. The van der Waals surface area contributed by atoms with Gasteiger partial charge in [-0.25, -0.2) is 0 Å². The molecule has 0 radical (unpaired) electrons. The smallest absolute Gasteiger partial charge is 0.266 e. The van der Waals surface area contributed by atoms with Gasteiger partial charge in [0.15, 0.2) is 0 Å². The first-order valence-electron chi connectivity index (χ1n) is 8.62. The van der Waals surface area contributed by atoms with Crippen LogP contribution in [0.3, 0.4) is 0 Å². The van der Waals surface area contributed by atoms with E-state index in [1.54, 1.807) is 12.0 Å². The fraction of sp³-hybridized carbons (Fsp3) is 0.474. The van der Waals surface area contributed by atoms with Gasteiger partial charge < -0.3 is 15.0 Å². The molecule has 25 heavy (non-hydrogen) atoms. The van der Waals surface area contributed by atoms with Gasteiger partial charge >= 0.3 is 0 Å². The van der Waals surface area contributed by atoms with Crippen LogP contribution < -0.4 is 5.32 Å². The van der Waals surface area contributed by atoms with Crippen molar-refractivity contribution in [2.45, 2.75) is 13.0 Å². The lowest BCUT2D eigenvalue weighted by Gasteiger charge is -2.34. The van der Waals surface area contributed by atoms with Crippen molar-refractivity contribution in [2.24, 2.45) is 0 Å². The number of nitriles is 1. The molecule has 1 aromatic rings. The van der Waals surface area contributed by atoms with E-state index in [0.29, 0.717) is 26.2 Å². The van der Waals surface area contributed by atoms with Crippen molar-refractivity contribution in [3.8, 4) is 6.07 Å². The number of rotatable bonds is 8. The molecule has 1 aliphatic rings. The van der Waals surface area contributed by atoms with Gasteiger partial charge in [0.1, 0.15) is 11.6 Å². The van der Waals surface area contributed by atoms with Gasteiger partial charge in [-0.2, -0.15) is 5.26 Å². The Morgan fingerprint density at radius 2 is 2.00 bits per heavy atom. The SMILES string of the molecule is COCCCN/C=C(/C#N)C(=O)N1CCN(Cc2ccccc2)CC1. The summed E-state index contributed by atoms with van der Waals surface area (Å²) in [6, 6.07) is 12.3. The third kappa shape index (κ3) is 6.22. The van der Waals surface area contributed by atoms with Gasteiger partial charge in [-0.3, -0.25) is 9.69 Å². The lowest BCUT2D eigenvalue weighted by Crippen LogP contribution is -2.48. The van der Waals surface area contributed by atoms with Crippen LogP contribution in [-0.4, -0.2) is 62.1 Å². The Kier molecular flexibility index (Phi) is 7.96. The highest BCUT2D eigenvalue weighted by atomic mass is 16.5. The van der Waals surface area contributed by atoms with Crippen molar-refractivity contribution in [3.05, 3.63) is 47.7 Å². The zero-order chi connectivity index (χ0) is 17.9. The molecule has 6 heteroatoms. The minimum Gasteiger partial charge on any atom is -0.390 e. The topological polar surface area (TPSA) is 68.6 Å². The number of piperazine rings is 1. The quantitative estimate of drug-likeness (QED) is 0.439. The number of nitrogens with one attached hydrogen (secondary N) is 1. The number of methoxy groups -OCH3 is 1. The summed E-state index contributed by atoms with van der Waals surface area (Å²) in [5, 5.41) is 12.2. The van der Waals surface area contributed by atoms with Crippen LogP contribution in [0.15, 0.2) is 42.1 Å². The van der Waals surface area contributed by atoms with Crippen LogP contribution in [-0.2, 0) is 16.1 Å². The highest BCUT2D eigenvalue weighted by molar-refractivity contribution is 5.97. The summed E-state index contributed by atoms with van der Waals surface area (Å²) in [4.78, 5) is 16.6. The molecule has 1 aliphatic heterocycles. The maximum absolute atomic E-state index is 12.5. The molecule has 1 heterocycles. The molecule has 2 rings (SSSR count). The van der Waals surface area contributed by atoms with Crippen molar-refractivity contribution >= 4 is 5.91 Å². The average Bonchev–Trinajstić information content (AvgIpc) is 2.66. The third-order valence-electron chi connectivity index (χ3n) is 4.18. The van der Waals surface area contributed by atoms with Gasteiger partial charge in [0.25, 0.3) is 5.91 Å². The van der Waals surface area contributed by atoms with Crippen LogP contribution in [0.5, 0.6) is 0 Å². The number of amides is 1. The van der Waals surface area contributed by atoms with Crippen LogP contribution >= 0.6 is 0 Å². The second kappa shape index (κ2) is 10.5. The number of benzene rings is 1. The van der Waals surface area contributed by atoms with Crippen molar-refractivity contribution in [1.82, 2.24) is 15.1 Å². The molecule has 1 aromatic carbocycles. The van der Waals surface area contributed by atoms with Gasteiger partial charge in [-0.15, -0.1) is 0 Å². The van der Waals surface area contributed by atoms with Gasteiger partial charge in [-0.1, -0.05) is 30.3 Å². The van der Waals surface area contributed by atoms with E-state index in [-0.39, 0.29) is 11.5 Å². The monoisotopic (exact) mass is 342 g/mol. The van der Waals surface area contributed by atoms with E-state index in [1.165, 1.54) is 11.8 Å². The first-order valence-corrected chi connectivity index (χ1v) is 8.62. The van der Waals surface area contributed by atoms with Crippen LogP contribution in [0, 0.1) is 11.3 Å². The van der Waals surface area contributed by atoms with Gasteiger partial charge in [0.2, 0.25) is 0 Å². The van der Waals surface area contributed by atoms with Crippen LogP contribution in [0.4, 0.5) is 0 Å². The minimum atomic E-state index is -0.193. The largest absolute Gasteiger partial charge is 0.390 e. The first-order chi connectivity index (χ1) is 12.2. The number of nitrogens with zero attached hydrogens (tertiary/aromatic N) is 3. The summed E-state index contributed by atoms with van der Waals surface area (Å²) in [6.45, 7) is 5.16. The Morgan fingerprint density at radius 1 is 1.28 bits per heavy atom. The number of carbonyl (C=O) groups is 1. The highest BCUT2D eigenvalue weighted by Crippen LogP contribution is 2.10. The number of ether oxygens (including phenoxy) is 1. The zero-order valence-corrected chi connectivity index (χ0v) is 14.8. The second-order valence-electron chi connectivity index (χ2n) is 6.02. The molecular formula is C19H26N4O2. The average molecular weight is 342 g/mol. The van der Waals surface area contributed by atoms with Gasteiger partial charge in [0.05, 0.1) is 0 Å². The van der Waals surface area contributed by atoms with E-state index < -0.39 is 0 Å². The molecule has 0 spiro atoms. The molecular weight excluding hydrogens is 316 g/mol. The van der Waals surface area contributed by atoms with Gasteiger partial charge in [-0.05, 0) is 12.0 Å². The molecule has 0 atom stereocenters. The highest BCUT2D eigenvalue weighted by Gasteiger charge is 2.23. The molecule has 1 fully saturated rings. The summed E-state index contributed by atoms with van der Waals surface area (Å²) >= 11 is 0. The Hall–Kier alpha value is -2.36. The fourth-order valence-electron chi connectivity index (χ4n) is 2.76. The Bertz CT molecular complexity index is 602. The third-order valence-corrected chi connectivity index (χ3v) is 4.18. The summed E-state index contributed by atoms with van der Waals surface area (Å²) in [7, 11) is 1.65. The molecule has 134 valence electrons. The first kappa shape index (κ1) is 19.0. The minimum absolute atomic E-state index is 0.161. The Labute approximate surface area is 149 Å². The predicted molar refractivity (Wildman–Crippen MR) is 96.5 cm³/mol. The predicted octanol–water partition coefficient (Wildman–Crippen LogP) is 1.36. The molecule has 0 unspecified atom stereocenters. The van der Waals surface area contributed by atoms with E-state index in [0.717, 1.165) is 26.1 Å². The molecule has 0 bridgehead atoms. The van der Waals surface area contributed by atoms with E-state index in [9.17, 15) is 10.1 Å². The van der Waals surface area contributed by atoms with E-state index in [1.807, 2.05) is 24.3 Å². The van der Waals surface area contributed by atoms with Crippen LogP contribution in [0.25, 0.3) is 0 Å². The Morgan fingerprint density at radius 3 is 2.64 bits per heavy atom. The van der Waals surface area contributed by atoms with Crippen molar-refractivity contribution in [3.63, 3.8) is 0 Å². The summed E-state index contributed by atoms with van der Waals surface area (Å²) in [5.41, 5.74) is 1.44. The summed E-state index contributed by atoms with van der Waals surface area (Å²) in [6.07, 6.45) is 2.35. The van der Waals surface area contributed by atoms with Crippen molar-refractivity contribution < 1.29 is 9.53 Å². The van der Waals surface area contributed by atoms with Crippen LogP contribution in [0.2, 0.25) is 0 Å². The van der Waals surface area contributed by atoms with Crippen molar-refractivity contribution in [2.75, 3.05) is 46.4 Å². The number of carbonyl (C=O) groups excluding carboxylic acids is 1. The maximum atomic E-state index is 12.5. The normalized spacial score (nSPS) is 15.7. The molecule has 1 N–H and O–H groups in total. The van der Waals surface area contributed by atoms with E-state index >= 15 is 0 Å². The van der Waals surface area contributed by atoms with Gasteiger partial charge in [0, 0.05) is 59.2 Å². The zero-order valence-electron chi connectivity index (χ0n) is 14.8.